The van der Waals surface area contributed by atoms with E-state index in [0.717, 1.165) is 67.3 Å². The molecule has 0 radical (unpaired) electrons. The number of aryl methyl sites for hydroxylation is 2. The molecule has 2 aliphatic heterocycles. The first-order chi connectivity index (χ1) is 11.1. The average Bonchev–Trinajstić information content (AvgIpc) is 3.02. The highest BCUT2D eigenvalue weighted by Crippen LogP contribution is 2.40. The van der Waals surface area contributed by atoms with Crippen molar-refractivity contribution in [2.75, 3.05) is 26.3 Å². The third kappa shape index (κ3) is 2.73. The van der Waals surface area contributed by atoms with Crippen LogP contribution in [0.4, 0.5) is 0 Å². The van der Waals surface area contributed by atoms with Gasteiger partial charge in [-0.1, -0.05) is 0 Å². The van der Waals surface area contributed by atoms with Gasteiger partial charge in [0.1, 0.15) is 10.7 Å². The van der Waals surface area contributed by atoms with Crippen LogP contribution in [-0.4, -0.2) is 41.2 Å². The Hall–Kier alpha value is -1.24. The summed E-state index contributed by atoms with van der Waals surface area (Å²) in [7, 11) is 0. The molecule has 0 atom stereocenters. The molecule has 2 saturated heterocycles. The molecule has 1 N–H and O–H groups in total. The number of likely N-dealkylation sites (tertiary alicyclic amines) is 1. The van der Waals surface area contributed by atoms with Crippen LogP contribution < -0.4 is 5.56 Å². The minimum absolute atomic E-state index is 0.00632. The lowest BCUT2D eigenvalue weighted by Gasteiger charge is -2.33. The Kier molecular flexibility index (Phi) is 3.78. The summed E-state index contributed by atoms with van der Waals surface area (Å²) in [5, 5.41) is 0.763. The second kappa shape index (κ2) is 5.69. The highest BCUT2D eigenvalue weighted by atomic mass is 32.1. The van der Waals surface area contributed by atoms with E-state index < -0.39 is 0 Å². The molecule has 2 aromatic rings. The summed E-state index contributed by atoms with van der Waals surface area (Å²) >= 11 is 1.62. The number of aromatic amines is 1. The number of ether oxygens (including phenoxy) is 1. The zero-order chi connectivity index (χ0) is 16.0. The van der Waals surface area contributed by atoms with Crippen LogP contribution in [0.5, 0.6) is 0 Å². The van der Waals surface area contributed by atoms with E-state index >= 15 is 0 Å². The van der Waals surface area contributed by atoms with E-state index in [1.165, 1.54) is 11.3 Å². The van der Waals surface area contributed by atoms with Crippen molar-refractivity contribution in [3.8, 4) is 0 Å². The molecular weight excluding hydrogens is 310 g/mol. The first-order valence-electron chi connectivity index (χ1n) is 8.35. The number of hydrogen-bond donors (Lipinski definition) is 1. The zero-order valence-corrected chi connectivity index (χ0v) is 14.6. The lowest BCUT2D eigenvalue weighted by Crippen LogP contribution is -2.33. The van der Waals surface area contributed by atoms with Gasteiger partial charge in [-0.05, 0) is 50.6 Å². The van der Waals surface area contributed by atoms with Gasteiger partial charge < -0.3 is 9.72 Å². The van der Waals surface area contributed by atoms with Crippen LogP contribution in [0.3, 0.4) is 0 Å². The number of hydrogen-bond acceptors (Lipinski definition) is 5. The second-order valence-electron chi connectivity index (χ2n) is 7.05. The van der Waals surface area contributed by atoms with Crippen molar-refractivity contribution in [1.29, 1.82) is 0 Å². The Balaban J connectivity index is 1.55. The van der Waals surface area contributed by atoms with Crippen LogP contribution in [0.1, 0.15) is 35.5 Å². The summed E-state index contributed by atoms with van der Waals surface area (Å²) in [6.45, 7) is 8.76. The van der Waals surface area contributed by atoms with E-state index in [0.29, 0.717) is 5.41 Å². The van der Waals surface area contributed by atoms with Gasteiger partial charge in [-0.25, -0.2) is 4.98 Å². The molecule has 0 amide bonds. The van der Waals surface area contributed by atoms with Crippen molar-refractivity contribution in [3.63, 3.8) is 0 Å². The summed E-state index contributed by atoms with van der Waals surface area (Å²) in [5.74, 6) is 0.799. The van der Waals surface area contributed by atoms with Crippen molar-refractivity contribution in [1.82, 2.24) is 14.9 Å². The standard InChI is InChI=1S/C17H23N3O2S/c1-11-12(2)23-16-14(11)15(21)18-13(19-16)9-20-6-3-17(10-20)4-7-22-8-5-17/h3-10H2,1-2H3,(H,18,19,21). The molecule has 2 aliphatic rings. The van der Waals surface area contributed by atoms with Gasteiger partial charge in [0.15, 0.2) is 0 Å². The number of nitrogens with zero attached hydrogens (tertiary/aromatic N) is 2. The fraction of sp³-hybridized carbons (Fsp3) is 0.647. The number of aromatic nitrogens is 2. The van der Waals surface area contributed by atoms with Crippen molar-refractivity contribution in [2.24, 2.45) is 5.41 Å². The third-order valence-electron chi connectivity index (χ3n) is 5.53. The van der Waals surface area contributed by atoms with Gasteiger partial charge in [-0.3, -0.25) is 9.69 Å². The monoisotopic (exact) mass is 333 g/mol. The van der Waals surface area contributed by atoms with Gasteiger partial charge >= 0.3 is 0 Å². The highest BCUT2D eigenvalue weighted by Gasteiger charge is 2.39. The summed E-state index contributed by atoms with van der Waals surface area (Å²) in [6.07, 6.45) is 3.56. The largest absolute Gasteiger partial charge is 0.381 e. The number of H-pyrrole nitrogens is 1. The normalized spacial score (nSPS) is 21.5. The predicted molar refractivity (Wildman–Crippen MR) is 92.1 cm³/mol. The predicted octanol–water partition coefficient (Wildman–Crippen LogP) is 2.60. The van der Waals surface area contributed by atoms with Crippen molar-refractivity contribution >= 4 is 21.6 Å². The van der Waals surface area contributed by atoms with Crippen molar-refractivity contribution in [2.45, 2.75) is 39.7 Å². The molecule has 4 heterocycles. The Morgan fingerprint density at radius 1 is 1.30 bits per heavy atom. The number of thiophene rings is 1. The molecule has 1 spiro atoms. The molecule has 0 aromatic carbocycles. The van der Waals surface area contributed by atoms with Crippen molar-refractivity contribution in [3.05, 3.63) is 26.6 Å². The van der Waals surface area contributed by atoms with Crippen LogP contribution in [0, 0.1) is 19.3 Å². The lowest BCUT2D eigenvalue weighted by atomic mass is 9.80. The maximum Gasteiger partial charge on any atom is 0.259 e. The van der Waals surface area contributed by atoms with E-state index in [-0.39, 0.29) is 5.56 Å². The maximum absolute atomic E-state index is 12.4. The Bertz CT molecular complexity index is 789. The number of fused-ring (bicyclic) bond motifs is 1. The molecule has 2 aromatic heterocycles. The van der Waals surface area contributed by atoms with Crippen LogP contribution in [0.25, 0.3) is 10.2 Å². The molecule has 124 valence electrons. The van der Waals surface area contributed by atoms with Gasteiger partial charge in [-0.15, -0.1) is 11.3 Å². The topological polar surface area (TPSA) is 58.2 Å². The fourth-order valence-electron chi connectivity index (χ4n) is 3.96. The summed E-state index contributed by atoms with van der Waals surface area (Å²) < 4.78 is 5.51. The molecule has 5 nitrogen and oxygen atoms in total. The minimum atomic E-state index is 0.00632. The highest BCUT2D eigenvalue weighted by molar-refractivity contribution is 7.18. The third-order valence-corrected chi connectivity index (χ3v) is 6.63. The first-order valence-corrected chi connectivity index (χ1v) is 9.17. The molecule has 0 unspecified atom stereocenters. The Morgan fingerprint density at radius 2 is 2.09 bits per heavy atom. The van der Waals surface area contributed by atoms with E-state index in [4.69, 9.17) is 9.72 Å². The smallest absolute Gasteiger partial charge is 0.259 e. The summed E-state index contributed by atoms with van der Waals surface area (Å²) in [4.78, 5) is 24.6. The van der Waals surface area contributed by atoms with Gasteiger partial charge in [-0.2, -0.15) is 0 Å². The van der Waals surface area contributed by atoms with E-state index in [9.17, 15) is 4.79 Å². The lowest BCUT2D eigenvalue weighted by molar-refractivity contribution is 0.0189. The summed E-state index contributed by atoms with van der Waals surface area (Å²) in [5.41, 5.74) is 1.50. The van der Waals surface area contributed by atoms with E-state index in [1.807, 2.05) is 6.92 Å². The second-order valence-corrected chi connectivity index (χ2v) is 8.25. The molecule has 0 bridgehead atoms. The van der Waals surface area contributed by atoms with Crippen LogP contribution in [0.15, 0.2) is 4.79 Å². The van der Waals surface area contributed by atoms with Crippen LogP contribution in [0.2, 0.25) is 0 Å². The zero-order valence-electron chi connectivity index (χ0n) is 13.8. The maximum atomic E-state index is 12.4. The fourth-order valence-corrected chi connectivity index (χ4v) is 5.01. The summed E-state index contributed by atoms with van der Waals surface area (Å²) in [6, 6.07) is 0. The SMILES string of the molecule is Cc1sc2nc(CN3CCC4(CCOCC4)C3)[nH]c(=O)c2c1C. The van der Waals surface area contributed by atoms with Gasteiger partial charge in [0.25, 0.3) is 5.56 Å². The molecule has 0 saturated carbocycles. The Labute approximate surface area is 139 Å². The Morgan fingerprint density at radius 3 is 2.87 bits per heavy atom. The number of rotatable bonds is 2. The molecule has 23 heavy (non-hydrogen) atoms. The van der Waals surface area contributed by atoms with Gasteiger partial charge in [0.2, 0.25) is 0 Å². The van der Waals surface area contributed by atoms with E-state index in [2.05, 4.69) is 16.8 Å². The number of nitrogens with one attached hydrogen (secondary N) is 1. The van der Waals surface area contributed by atoms with E-state index in [1.54, 1.807) is 11.3 Å². The average molecular weight is 333 g/mol. The quantitative estimate of drug-likeness (QED) is 0.918. The molecule has 2 fully saturated rings. The van der Waals surface area contributed by atoms with Crippen LogP contribution >= 0.6 is 11.3 Å². The van der Waals surface area contributed by atoms with Gasteiger partial charge in [0.05, 0.1) is 11.9 Å². The molecule has 4 rings (SSSR count). The van der Waals surface area contributed by atoms with Crippen molar-refractivity contribution < 1.29 is 4.74 Å². The first kappa shape index (κ1) is 15.3. The molecule has 6 heteroatoms. The molecular formula is C17H23N3O2S. The molecule has 0 aliphatic carbocycles. The van der Waals surface area contributed by atoms with Crippen LogP contribution in [-0.2, 0) is 11.3 Å². The minimum Gasteiger partial charge on any atom is -0.381 e. The van der Waals surface area contributed by atoms with Gasteiger partial charge in [0, 0.05) is 24.6 Å².